The van der Waals surface area contributed by atoms with Crippen molar-refractivity contribution < 1.29 is 14.5 Å². The Morgan fingerprint density at radius 2 is 2.14 bits per heavy atom. The van der Waals surface area contributed by atoms with E-state index >= 15 is 0 Å². The maximum Gasteiger partial charge on any atom is 0.295 e. The number of rotatable bonds is 3. The molecular formula is C12H10Br2N2O4S. The van der Waals surface area contributed by atoms with Crippen molar-refractivity contribution in [3.63, 3.8) is 0 Å². The molecule has 0 aliphatic carbocycles. The number of carbonyl (C=O) groups excluding carboxylic acids is 2. The summed E-state index contributed by atoms with van der Waals surface area (Å²) in [5.41, 5.74) is 0.0814. The molecule has 1 saturated heterocycles. The zero-order chi connectivity index (χ0) is 15.7. The van der Waals surface area contributed by atoms with Crippen LogP contribution in [0.4, 0.5) is 11.4 Å². The summed E-state index contributed by atoms with van der Waals surface area (Å²) in [6.07, 6.45) is 0.198. The molecule has 6 nitrogen and oxygen atoms in total. The lowest BCUT2D eigenvalue weighted by molar-refractivity contribution is -0.384. The van der Waals surface area contributed by atoms with Gasteiger partial charge < -0.3 is 4.90 Å². The van der Waals surface area contributed by atoms with Gasteiger partial charge in [0.2, 0.25) is 5.91 Å². The second-order valence-corrected chi connectivity index (χ2v) is 7.70. The van der Waals surface area contributed by atoms with Crippen molar-refractivity contribution in [3.8, 4) is 0 Å². The third kappa shape index (κ3) is 3.64. The number of benzene rings is 1. The van der Waals surface area contributed by atoms with Gasteiger partial charge in [-0.25, -0.2) is 0 Å². The van der Waals surface area contributed by atoms with E-state index in [1.54, 1.807) is 6.07 Å². The van der Waals surface area contributed by atoms with Gasteiger partial charge in [0.1, 0.15) is 5.69 Å². The first-order valence-corrected chi connectivity index (χ1v) is 8.37. The predicted molar refractivity (Wildman–Crippen MR) is 87.5 cm³/mol. The van der Waals surface area contributed by atoms with Gasteiger partial charge in [0.25, 0.3) is 5.69 Å². The molecule has 0 spiro atoms. The Bertz CT molecular complexity index is 638. The molecule has 1 aliphatic rings. The van der Waals surface area contributed by atoms with E-state index in [1.807, 2.05) is 0 Å². The highest BCUT2D eigenvalue weighted by Gasteiger charge is 2.36. The molecule has 9 heteroatoms. The fraction of sp³-hybridized carbons (Fsp3) is 0.333. The van der Waals surface area contributed by atoms with Gasteiger partial charge in [0.05, 0.1) is 4.92 Å². The third-order valence-corrected chi connectivity index (χ3v) is 4.94. The average molecular weight is 438 g/mol. The molecule has 1 aromatic carbocycles. The quantitative estimate of drug-likeness (QED) is 0.533. The number of carbonyl (C=O) groups is 2. The second kappa shape index (κ2) is 6.45. The molecule has 1 unspecified atom stereocenters. The SMILES string of the molecule is CC(=O)SC1CC(=O)N(c2c(Br)cc(Br)cc2[N+](=O)[O-])C1. The zero-order valence-electron chi connectivity index (χ0n) is 10.8. The number of thioether (sulfide) groups is 1. The number of hydrogen-bond acceptors (Lipinski definition) is 5. The maximum absolute atomic E-state index is 12.1. The Morgan fingerprint density at radius 3 is 2.71 bits per heavy atom. The summed E-state index contributed by atoms with van der Waals surface area (Å²) in [5.74, 6) is -0.222. The van der Waals surface area contributed by atoms with Crippen LogP contribution in [0.15, 0.2) is 21.1 Å². The number of nitro groups is 1. The lowest BCUT2D eigenvalue weighted by atomic mass is 10.2. The molecule has 2 rings (SSSR count). The van der Waals surface area contributed by atoms with E-state index in [4.69, 9.17) is 0 Å². The van der Waals surface area contributed by atoms with E-state index in [0.29, 0.717) is 8.95 Å². The molecule has 1 amide bonds. The number of halogens is 2. The maximum atomic E-state index is 12.1. The molecule has 1 fully saturated rings. The van der Waals surface area contributed by atoms with Gasteiger partial charge in [-0.05, 0) is 22.0 Å². The van der Waals surface area contributed by atoms with E-state index in [0.717, 1.165) is 11.8 Å². The van der Waals surface area contributed by atoms with Crippen LogP contribution in [-0.4, -0.2) is 27.7 Å². The van der Waals surface area contributed by atoms with Gasteiger partial charge >= 0.3 is 0 Å². The van der Waals surface area contributed by atoms with Gasteiger partial charge in [-0.2, -0.15) is 0 Å². The molecule has 1 heterocycles. The first-order valence-electron chi connectivity index (χ1n) is 5.90. The average Bonchev–Trinajstić information content (AvgIpc) is 2.67. The molecule has 1 aliphatic heterocycles. The van der Waals surface area contributed by atoms with E-state index in [2.05, 4.69) is 31.9 Å². The highest BCUT2D eigenvalue weighted by molar-refractivity contribution is 9.11. The molecule has 0 bridgehead atoms. The van der Waals surface area contributed by atoms with E-state index < -0.39 is 4.92 Å². The highest BCUT2D eigenvalue weighted by Crippen LogP contribution is 2.41. The lowest BCUT2D eigenvalue weighted by Gasteiger charge is -2.18. The van der Waals surface area contributed by atoms with Crippen molar-refractivity contribution in [1.82, 2.24) is 0 Å². The molecule has 1 aromatic rings. The molecule has 0 N–H and O–H groups in total. The van der Waals surface area contributed by atoms with E-state index in [9.17, 15) is 19.7 Å². The summed E-state index contributed by atoms with van der Waals surface area (Å²) in [5, 5.41) is 11.0. The van der Waals surface area contributed by atoms with E-state index in [1.165, 1.54) is 17.9 Å². The number of anilines is 1. The third-order valence-electron chi connectivity index (χ3n) is 2.90. The number of nitrogens with zero attached hydrogens (tertiary/aromatic N) is 2. The zero-order valence-corrected chi connectivity index (χ0v) is 14.8. The first kappa shape index (κ1) is 16.4. The molecule has 0 aromatic heterocycles. The van der Waals surface area contributed by atoms with Crippen LogP contribution in [0, 0.1) is 10.1 Å². The number of amides is 1. The van der Waals surface area contributed by atoms with Crippen molar-refractivity contribution in [2.24, 2.45) is 0 Å². The van der Waals surface area contributed by atoms with Crippen LogP contribution < -0.4 is 4.90 Å². The van der Waals surface area contributed by atoms with E-state index in [-0.39, 0.29) is 40.6 Å². The van der Waals surface area contributed by atoms with Crippen LogP contribution in [-0.2, 0) is 9.59 Å². The van der Waals surface area contributed by atoms with Crippen LogP contribution in [0.3, 0.4) is 0 Å². The van der Waals surface area contributed by atoms with Crippen molar-refractivity contribution in [1.29, 1.82) is 0 Å². The normalized spacial score (nSPS) is 18.1. The molecular weight excluding hydrogens is 428 g/mol. The monoisotopic (exact) mass is 436 g/mol. The standard InChI is InChI=1S/C12H10Br2N2O4S/c1-6(17)21-8-4-11(18)15(5-8)12-9(14)2-7(13)3-10(12)16(19)20/h2-3,8H,4-5H2,1H3. The minimum atomic E-state index is -0.524. The summed E-state index contributed by atoms with van der Waals surface area (Å²) < 4.78 is 1.01. The van der Waals surface area contributed by atoms with Crippen LogP contribution in [0.25, 0.3) is 0 Å². The van der Waals surface area contributed by atoms with Crippen molar-refractivity contribution in [2.75, 3.05) is 11.4 Å². The van der Waals surface area contributed by atoms with Gasteiger partial charge in [0, 0.05) is 40.2 Å². The molecule has 112 valence electrons. The minimum Gasteiger partial charge on any atom is -0.304 e. The Balaban J connectivity index is 2.40. The summed E-state index contributed by atoms with van der Waals surface area (Å²) >= 11 is 7.56. The summed E-state index contributed by atoms with van der Waals surface area (Å²) in [7, 11) is 0. The van der Waals surface area contributed by atoms with Gasteiger partial charge in [-0.15, -0.1) is 0 Å². The number of hydrogen-bond donors (Lipinski definition) is 0. The van der Waals surface area contributed by atoms with Crippen molar-refractivity contribution in [2.45, 2.75) is 18.6 Å². The smallest absolute Gasteiger partial charge is 0.295 e. The Hall–Kier alpha value is -0.930. The minimum absolute atomic E-state index is 0.0704. The van der Waals surface area contributed by atoms with Gasteiger partial charge in [-0.3, -0.25) is 19.7 Å². The fourth-order valence-electron chi connectivity index (χ4n) is 2.16. The number of nitro benzene ring substituents is 1. The van der Waals surface area contributed by atoms with Crippen molar-refractivity contribution >= 4 is 66.0 Å². The Labute approximate surface area is 141 Å². The molecule has 0 radical (unpaired) electrons. The first-order chi connectivity index (χ1) is 9.79. The lowest BCUT2D eigenvalue weighted by Crippen LogP contribution is -2.26. The van der Waals surface area contributed by atoms with Crippen molar-refractivity contribution in [3.05, 3.63) is 31.2 Å². The summed E-state index contributed by atoms with van der Waals surface area (Å²) in [6.45, 7) is 1.72. The Morgan fingerprint density at radius 1 is 1.48 bits per heavy atom. The van der Waals surface area contributed by atoms with Gasteiger partial charge in [0.15, 0.2) is 5.12 Å². The Kier molecular flexibility index (Phi) is 5.05. The summed E-state index contributed by atoms with van der Waals surface area (Å²) in [4.78, 5) is 35.3. The van der Waals surface area contributed by atoms with Crippen LogP contribution in [0.1, 0.15) is 13.3 Å². The molecule has 21 heavy (non-hydrogen) atoms. The largest absolute Gasteiger partial charge is 0.304 e. The van der Waals surface area contributed by atoms with Gasteiger partial charge in [-0.1, -0.05) is 27.7 Å². The summed E-state index contributed by atoms with van der Waals surface area (Å²) in [6, 6.07) is 3.01. The fourth-order valence-corrected chi connectivity index (χ4v) is 4.50. The molecule has 1 atom stereocenters. The van der Waals surface area contributed by atoms with Crippen LogP contribution in [0.2, 0.25) is 0 Å². The van der Waals surface area contributed by atoms with Crippen LogP contribution >= 0.6 is 43.6 Å². The predicted octanol–water partition coefficient (Wildman–Crippen LogP) is 3.50. The highest BCUT2D eigenvalue weighted by atomic mass is 79.9. The van der Waals surface area contributed by atoms with Crippen LogP contribution in [0.5, 0.6) is 0 Å². The topological polar surface area (TPSA) is 80.5 Å². The molecule has 0 saturated carbocycles. The second-order valence-electron chi connectivity index (χ2n) is 4.45.